The predicted molar refractivity (Wildman–Crippen MR) is 74.3 cm³/mol. The molecule has 1 aliphatic rings. The molecule has 0 aliphatic heterocycles. The Kier molecular flexibility index (Phi) is 3.29. The largest absolute Gasteiger partial charge is 0.371 e. The average Bonchev–Trinajstić information content (AvgIpc) is 2.53. The fraction of sp³-hybridized carbons (Fsp3) is 0.533. The van der Waals surface area contributed by atoms with Gasteiger partial charge in [-0.05, 0) is 55.4 Å². The molecule has 1 unspecified atom stereocenters. The molecule has 0 bridgehead atoms. The number of nitrogens with two attached hydrogens (primary N) is 1. The van der Waals surface area contributed by atoms with Crippen LogP contribution in [0.15, 0.2) is 18.2 Å². The Morgan fingerprint density at radius 1 is 1.32 bits per heavy atom. The van der Waals surface area contributed by atoms with Gasteiger partial charge in [0.15, 0.2) is 0 Å². The second kappa shape index (κ2) is 4.51. The summed E-state index contributed by atoms with van der Waals surface area (Å²) in [7, 11) is 0. The number of primary amides is 1. The number of nitrogens with one attached hydrogen (secondary N) is 1. The third kappa shape index (κ3) is 2.88. The van der Waals surface area contributed by atoms with Crippen LogP contribution in [-0.2, 0) is 4.79 Å². The Bertz CT molecular complexity index is 493. The molecule has 1 fully saturated rings. The molecule has 0 aromatic heterocycles. The highest BCUT2D eigenvalue weighted by Crippen LogP contribution is 2.45. The summed E-state index contributed by atoms with van der Waals surface area (Å²) in [6.45, 7) is 6.07. The number of hydrogen-bond donors (Lipinski definition) is 2. The predicted octanol–water partition coefficient (Wildman–Crippen LogP) is 2.98. The second-order valence-electron chi connectivity index (χ2n) is 6.43. The van der Waals surface area contributed by atoms with E-state index in [1.807, 2.05) is 13.0 Å². The van der Waals surface area contributed by atoms with E-state index >= 15 is 0 Å². The minimum atomic E-state index is -0.760. The molecule has 104 valence electrons. The van der Waals surface area contributed by atoms with Crippen molar-refractivity contribution in [3.63, 3.8) is 0 Å². The third-order valence-electron chi connectivity index (χ3n) is 3.91. The first-order valence-electron chi connectivity index (χ1n) is 6.58. The van der Waals surface area contributed by atoms with Crippen LogP contribution in [-0.4, -0.2) is 11.4 Å². The topological polar surface area (TPSA) is 55.1 Å². The van der Waals surface area contributed by atoms with Gasteiger partial charge in [-0.3, -0.25) is 4.79 Å². The van der Waals surface area contributed by atoms with Crippen LogP contribution in [0.2, 0.25) is 0 Å². The van der Waals surface area contributed by atoms with E-state index in [0.717, 1.165) is 12.0 Å². The number of carbonyl (C=O) groups excluding carboxylic acids is 1. The number of rotatable bonds is 3. The van der Waals surface area contributed by atoms with Crippen LogP contribution in [0.5, 0.6) is 0 Å². The molecule has 3 nitrogen and oxygen atoms in total. The summed E-state index contributed by atoms with van der Waals surface area (Å²) in [4.78, 5) is 11.9. The van der Waals surface area contributed by atoms with E-state index in [0.29, 0.717) is 18.5 Å². The van der Waals surface area contributed by atoms with E-state index in [1.165, 1.54) is 12.1 Å². The monoisotopic (exact) mass is 264 g/mol. The van der Waals surface area contributed by atoms with E-state index in [9.17, 15) is 9.18 Å². The second-order valence-corrected chi connectivity index (χ2v) is 6.43. The van der Waals surface area contributed by atoms with Gasteiger partial charge in [-0.15, -0.1) is 0 Å². The van der Waals surface area contributed by atoms with E-state index in [4.69, 9.17) is 5.73 Å². The molecule has 1 aromatic rings. The first-order valence-corrected chi connectivity index (χ1v) is 6.58. The van der Waals surface area contributed by atoms with Gasteiger partial charge < -0.3 is 11.1 Å². The van der Waals surface area contributed by atoms with Crippen LogP contribution in [0.25, 0.3) is 0 Å². The van der Waals surface area contributed by atoms with Gasteiger partial charge >= 0.3 is 0 Å². The molecule has 19 heavy (non-hydrogen) atoms. The van der Waals surface area contributed by atoms with Gasteiger partial charge in [-0.1, -0.05) is 13.8 Å². The Labute approximate surface area is 113 Å². The van der Waals surface area contributed by atoms with Crippen molar-refractivity contribution in [2.45, 2.75) is 45.6 Å². The number of hydrogen-bond acceptors (Lipinski definition) is 2. The van der Waals surface area contributed by atoms with Gasteiger partial charge in [-0.25, -0.2) is 4.39 Å². The van der Waals surface area contributed by atoms with Crippen molar-refractivity contribution in [1.82, 2.24) is 0 Å². The van der Waals surface area contributed by atoms with E-state index in [2.05, 4.69) is 19.2 Å². The highest BCUT2D eigenvalue weighted by molar-refractivity contribution is 5.88. The van der Waals surface area contributed by atoms with Crippen LogP contribution < -0.4 is 11.1 Å². The lowest BCUT2D eigenvalue weighted by Gasteiger charge is -2.30. The molecule has 4 heteroatoms. The van der Waals surface area contributed by atoms with Crippen molar-refractivity contribution < 1.29 is 9.18 Å². The summed E-state index contributed by atoms with van der Waals surface area (Å²) in [5, 5.41) is 3.18. The molecule has 1 atom stereocenters. The van der Waals surface area contributed by atoms with Crippen molar-refractivity contribution in [3.8, 4) is 0 Å². The van der Waals surface area contributed by atoms with E-state index in [1.54, 1.807) is 0 Å². The molecule has 0 saturated heterocycles. The number of carbonyl (C=O) groups is 1. The average molecular weight is 264 g/mol. The minimum Gasteiger partial charge on any atom is -0.371 e. The van der Waals surface area contributed by atoms with Gasteiger partial charge in [0, 0.05) is 5.69 Å². The van der Waals surface area contributed by atoms with Gasteiger partial charge in [0.2, 0.25) is 5.91 Å². The standard InChI is InChI=1S/C15H21FN2O/c1-10-6-11(16)8-12(7-10)18-15(13(17)19)5-4-14(2,3)9-15/h6-8,18H,4-5,9H2,1-3H3,(H2,17,19). The quantitative estimate of drug-likeness (QED) is 0.881. The number of benzene rings is 1. The van der Waals surface area contributed by atoms with Crippen LogP contribution >= 0.6 is 0 Å². The van der Waals surface area contributed by atoms with Gasteiger partial charge in [0.25, 0.3) is 0 Å². The van der Waals surface area contributed by atoms with Crippen LogP contribution in [0, 0.1) is 18.2 Å². The van der Waals surface area contributed by atoms with Crippen molar-refractivity contribution in [2.24, 2.45) is 11.1 Å². The summed E-state index contributed by atoms with van der Waals surface area (Å²) >= 11 is 0. The third-order valence-corrected chi connectivity index (χ3v) is 3.91. The zero-order chi connectivity index (χ0) is 14.3. The number of aryl methyl sites for hydroxylation is 1. The SMILES string of the molecule is Cc1cc(F)cc(NC2(C(N)=O)CCC(C)(C)C2)c1. The number of halogens is 1. The van der Waals surface area contributed by atoms with Crippen molar-refractivity contribution in [2.75, 3.05) is 5.32 Å². The lowest BCUT2D eigenvalue weighted by molar-refractivity contribution is -0.122. The summed E-state index contributed by atoms with van der Waals surface area (Å²) in [6.07, 6.45) is 2.28. The molecular formula is C15H21FN2O. The van der Waals surface area contributed by atoms with Crippen molar-refractivity contribution >= 4 is 11.6 Å². The molecule has 1 aromatic carbocycles. The first kappa shape index (κ1) is 13.8. The lowest BCUT2D eigenvalue weighted by atomic mass is 9.87. The molecule has 0 heterocycles. The van der Waals surface area contributed by atoms with Crippen LogP contribution in [0.1, 0.15) is 38.7 Å². The van der Waals surface area contributed by atoms with Crippen molar-refractivity contribution in [1.29, 1.82) is 0 Å². The molecule has 2 rings (SSSR count). The van der Waals surface area contributed by atoms with Crippen molar-refractivity contribution in [3.05, 3.63) is 29.6 Å². The Balaban J connectivity index is 2.30. The maximum atomic E-state index is 13.4. The summed E-state index contributed by atoms with van der Waals surface area (Å²) in [6, 6.07) is 4.70. The fourth-order valence-corrected chi connectivity index (χ4v) is 3.01. The molecule has 1 aliphatic carbocycles. The van der Waals surface area contributed by atoms with Gasteiger partial charge in [0.1, 0.15) is 11.4 Å². The van der Waals surface area contributed by atoms with Gasteiger partial charge in [0.05, 0.1) is 0 Å². The molecule has 0 spiro atoms. The number of anilines is 1. The minimum absolute atomic E-state index is 0.0738. The highest BCUT2D eigenvalue weighted by atomic mass is 19.1. The van der Waals surface area contributed by atoms with E-state index in [-0.39, 0.29) is 17.1 Å². The maximum Gasteiger partial charge on any atom is 0.243 e. The number of amides is 1. The molecule has 1 amide bonds. The zero-order valence-corrected chi connectivity index (χ0v) is 11.7. The molecule has 3 N–H and O–H groups in total. The lowest BCUT2D eigenvalue weighted by Crippen LogP contribution is -2.49. The Morgan fingerprint density at radius 2 is 2.00 bits per heavy atom. The van der Waals surface area contributed by atoms with Crippen LogP contribution in [0.4, 0.5) is 10.1 Å². The molecule has 0 radical (unpaired) electrons. The normalized spacial score (nSPS) is 25.3. The van der Waals surface area contributed by atoms with E-state index < -0.39 is 5.54 Å². The Hall–Kier alpha value is -1.58. The first-order chi connectivity index (χ1) is 8.72. The van der Waals surface area contributed by atoms with Crippen LogP contribution in [0.3, 0.4) is 0 Å². The highest BCUT2D eigenvalue weighted by Gasteiger charge is 2.47. The van der Waals surface area contributed by atoms with Gasteiger partial charge in [-0.2, -0.15) is 0 Å². The Morgan fingerprint density at radius 3 is 2.47 bits per heavy atom. The summed E-state index contributed by atoms with van der Waals surface area (Å²) in [5.74, 6) is -0.667. The fourth-order valence-electron chi connectivity index (χ4n) is 3.01. The molecule has 1 saturated carbocycles. The summed E-state index contributed by atoms with van der Waals surface area (Å²) in [5.41, 5.74) is 6.33. The summed E-state index contributed by atoms with van der Waals surface area (Å²) < 4.78 is 13.4. The smallest absolute Gasteiger partial charge is 0.243 e. The zero-order valence-electron chi connectivity index (χ0n) is 11.7. The maximum absolute atomic E-state index is 13.4. The molecular weight excluding hydrogens is 243 g/mol.